The second-order valence-electron chi connectivity index (χ2n) is 5.78. The van der Waals surface area contributed by atoms with Gasteiger partial charge in [0.05, 0.1) is 25.8 Å². The first-order valence-corrected chi connectivity index (χ1v) is 8.00. The van der Waals surface area contributed by atoms with Crippen molar-refractivity contribution in [3.63, 3.8) is 0 Å². The molecule has 0 saturated carbocycles. The minimum Gasteiger partial charge on any atom is -0.497 e. The molecule has 0 aromatic heterocycles. The Kier molecular flexibility index (Phi) is 4.88. The fourth-order valence-electron chi connectivity index (χ4n) is 2.92. The Morgan fingerprint density at radius 1 is 1.12 bits per heavy atom. The van der Waals surface area contributed by atoms with Crippen molar-refractivity contribution in [2.24, 2.45) is 0 Å². The molecule has 3 rings (SSSR count). The molecule has 0 unspecified atom stereocenters. The Morgan fingerprint density at radius 3 is 2.56 bits per heavy atom. The summed E-state index contributed by atoms with van der Waals surface area (Å²) >= 11 is 0. The average molecular weight is 340 g/mol. The smallest absolute Gasteiger partial charge is 0.255 e. The Labute approximate surface area is 146 Å². The van der Waals surface area contributed by atoms with Crippen molar-refractivity contribution in [1.82, 2.24) is 5.32 Å². The zero-order valence-electron chi connectivity index (χ0n) is 14.2. The molecule has 0 bridgehead atoms. The van der Waals surface area contributed by atoms with Crippen LogP contribution in [0.5, 0.6) is 11.5 Å². The second kappa shape index (κ2) is 7.25. The zero-order chi connectivity index (χ0) is 17.8. The van der Waals surface area contributed by atoms with E-state index in [1.807, 2.05) is 30.3 Å². The lowest BCUT2D eigenvalue weighted by Crippen LogP contribution is -2.37. The second-order valence-corrected chi connectivity index (χ2v) is 5.78. The number of nitrogens with one attached hydrogen (secondary N) is 1. The first-order valence-electron chi connectivity index (χ1n) is 8.00. The summed E-state index contributed by atoms with van der Waals surface area (Å²) in [6.45, 7) is 0.445. The largest absolute Gasteiger partial charge is 0.497 e. The number of carbonyl (C=O) groups is 2. The Morgan fingerprint density at radius 2 is 1.88 bits per heavy atom. The molecule has 2 amide bonds. The van der Waals surface area contributed by atoms with Crippen LogP contribution in [0, 0.1) is 0 Å². The topological polar surface area (TPSA) is 67.9 Å². The first-order chi connectivity index (χ1) is 12.1. The number of amides is 2. The molecule has 130 valence electrons. The van der Waals surface area contributed by atoms with Crippen molar-refractivity contribution in [1.29, 1.82) is 0 Å². The van der Waals surface area contributed by atoms with E-state index in [0.717, 1.165) is 5.69 Å². The lowest BCUT2D eigenvalue weighted by Gasteiger charge is -2.17. The molecule has 2 aromatic carbocycles. The molecule has 6 nitrogen and oxygen atoms in total. The van der Waals surface area contributed by atoms with Gasteiger partial charge in [-0.25, -0.2) is 0 Å². The van der Waals surface area contributed by atoms with E-state index >= 15 is 0 Å². The highest BCUT2D eigenvalue weighted by Crippen LogP contribution is 2.25. The van der Waals surface area contributed by atoms with Gasteiger partial charge in [-0.1, -0.05) is 18.2 Å². The lowest BCUT2D eigenvalue weighted by atomic mass is 10.1. The van der Waals surface area contributed by atoms with E-state index in [9.17, 15) is 9.59 Å². The normalized spacial score (nSPS) is 16.6. The fourth-order valence-corrected chi connectivity index (χ4v) is 2.92. The van der Waals surface area contributed by atoms with E-state index in [0.29, 0.717) is 23.6 Å². The zero-order valence-corrected chi connectivity index (χ0v) is 14.2. The molecule has 0 aliphatic carbocycles. The third-order valence-corrected chi connectivity index (χ3v) is 4.18. The predicted molar refractivity (Wildman–Crippen MR) is 94.2 cm³/mol. The molecular weight excluding hydrogens is 320 g/mol. The van der Waals surface area contributed by atoms with E-state index in [4.69, 9.17) is 9.47 Å². The molecule has 0 spiro atoms. The average Bonchev–Trinajstić information content (AvgIpc) is 3.01. The van der Waals surface area contributed by atoms with E-state index < -0.39 is 0 Å². The fraction of sp³-hybridized carbons (Fsp3) is 0.263. The summed E-state index contributed by atoms with van der Waals surface area (Å²) in [6.07, 6.45) is 0.271. The highest BCUT2D eigenvalue weighted by molar-refractivity contribution is 6.00. The highest BCUT2D eigenvalue weighted by atomic mass is 16.5. The van der Waals surface area contributed by atoms with Gasteiger partial charge in [0.1, 0.15) is 11.5 Å². The van der Waals surface area contributed by atoms with Gasteiger partial charge >= 0.3 is 0 Å². The molecule has 1 atom stereocenters. The number of carbonyl (C=O) groups excluding carboxylic acids is 2. The molecule has 2 aromatic rings. The maximum atomic E-state index is 12.6. The van der Waals surface area contributed by atoms with Crippen molar-refractivity contribution in [3.05, 3.63) is 54.1 Å². The summed E-state index contributed by atoms with van der Waals surface area (Å²) in [6, 6.07) is 14.2. The van der Waals surface area contributed by atoms with Gasteiger partial charge in [-0.3, -0.25) is 9.59 Å². The molecule has 1 aliphatic heterocycles. The van der Waals surface area contributed by atoms with Gasteiger partial charge in [0.15, 0.2) is 0 Å². The molecule has 1 fully saturated rings. The van der Waals surface area contributed by atoms with E-state index in [-0.39, 0.29) is 24.3 Å². The molecule has 1 N–H and O–H groups in total. The van der Waals surface area contributed by atoms with Gasteiger partial charge in [-0.2, -0.15) is 0 Å². The Hall–Kier alpha value is -3.02. The lowest BCUT2D eigenvalue weighted by molar-refractivity contribution is -0.117. The van der Waals surface area contributed by atoms with Crippen LogP contribution in [0.4, 0.5) is 5.69 Å². The summed E-state index contributed by atoms with van der Waals surface area (Å²) in [7, 11) is 3.05. The molecule has 25 heavy (non-hydrogen) atoms. The van der Waals surface area contributed by atoms with E-state index in [2.05, 4.69) is 5.32 Å². The van der Waals surface area contributed by atoms with Crippen LogP contribution in [-0.4, -0.2) is 38.6 Å². The van der Waals surface area contributed by atoms with Crippen molar-refractivity contribution < 1.29 is 19.1 Å². The molecule has 1 saturated heterocycles. The maximum absolute atomic E-state index is 12.6. The number of anilines is 1. The third-order valence-electron chi connectivity index (χ3n) is 4.18. The summed E-state index contributed by atoms with van der Waals surface area (Å²) < 4.78 is 10.4. The number of hydrogen-bond donors (Lipinski definition) is 1. The molecule has 1 aliphatic rings. The van der Waals surface area contributed by atoms with E-state index in [1.165, 1.54) is 14.2 Å². The standard InChI is InChI=1S/C19H20N2O4/c1-24-15-8-9-17(25-2)16(11-15)19(23)20-13-10-18(22)21(12-13)14-6-4-3-5-7-14/h3-9,11,13H,10,12H2,1-2H3,(H,20,23)/t13-/m1/s1. The SMILES string of the molecule is COc1ccc(OC)c(C(=O)N[C@@H]2CC(=O)N(c3ccccc3)C2)c1. The van der Waals surface area contributed by atoms with Gasteiger partial charge in [0, 0.05) is 18.7 Å². The van der Waals surface area contributed by atoms with Gasteiger partial charge in [-0.15, -0.1) is 0 Å². The van der Waals surface area contributed by atoms with Gasteiger partial charge in [0.2, 0.25) is 5.91 Å². The number of hydrogen-bond acceptors (Lipinski definition) is 4. The van der Waals surface area contributed by atoms with Crippen LogP contribution < -0.4 is 19.7 Å². The Bertz CT molecular complexity index is 776. The van der Waals surface area contributed by atoms with Gasteiger partial charge in [-0.05, 0) is 30.3 Å². The predicted octanol–water partition coefficient (Wildman–Crippen LogP) is 2.24. The van der Waals surface area contributed by atoms with Crippen LogP contribution in [0.15, 0.2) is 48.5 Å². The van der Waals surface area contributed by atoms with Crippen molar-refractivity contribution in [2.75, 3.05) is 25.7 Å². The van der Waals surface area contributed by atoms with Crippen LogP contribution in [0.1, 0.15) is 16.8 Å². The van der Waals surface area contributed by atoms with Crippen LogP contribution in [0.2, 0.25) is 0 Å². The molecule has 6 heteroatoms. The molecule has 0 radical (unpaired) electrons. The number of benzene rings is 2. The van der Waals surface area contributed by atoms with Crippen molar-refractivity contribution >= 4 is 17.5 Å². The molecule has 1 heterocycles. The number of methoxy groups -OCH3 is 2. The van der Waals surface area contributed by atoms with Crippen molar-refractivity contribution in [2.45, 2.75) is 12.5 Å². The van der Waals surface area contributed by atoms with Crippen LogP contribution in [0.3, 0.4) is 0 Å². The third kappa shape index (κ3) is 3.57. The van der Waals surface area contributed by atoms with Gasteiger partial charge < -0.3 is 19.7 Å². The first kappa shape index (κ1) is 16.8. The molecular formula is C19H20N2O4. The van der Waals surface area contributed by atoms with Crippen molar-refractivity contribution in [3.8, 4) is 11.5 Å². The minimum atomic E-state index is -0.288. The van der Waals surface area contributed by atoms with Crippen LogP contribution >= 0.6 is 0 Å². The number of nitrogens with zero attached hydrogens (tertiary/aromatic N) is 1. The number of rotatable bonds is 5. The highest BCUT2D eigenvalue weighted by Gasteiger charge is 2.32. The number of ether oxygens (including phenoxy) is 2. The summed E-state index contributed by atoms with van der Waals surface area (Å²) in [5.74, 6) is 0.736. The van der Waals surface area contributed by atoms with Crippen LogP contribution in [0.25, 0.3) is 0 Å². The Balaban J connectivity index is 1.73. The summed E-state index contributed by atoms with van der Waals surface area (Å²) in [5, 5.41) is 2.91. The van der Waals surface area contributed by atoms with Crippen LogP contribution in [-0.2, 0) is 4.79 Å². The number of para-hydroxylation sites is 1. The monoisotopic (exact) mass is 340 g/mol. The summed E-state index contributed by atoms with van der Waals surface area (Å²) in [5.41, 5.74) is 1.22. The maximum Gasteiger partial charge on any atom is 0.255 e. The van der Waals surface area contributed by atoms with E-state index in [1.54, 1.807) is 23.1 Å². The summed E-state index contributed by atoms with van der Waals surface area (Å²) in [4.78, 5) is 26.6. The quantitative estimate of drug-likeness (QED) is 0.906. The minimum absolute atomic E-state index is 0.00546. The van der Waals surface area contributed by atoms with Gasteiger partial charge in [0.25, 0.3) is 5.91 Å².